The Balaban J connectivity index is 1.87. The van der Waals surface area contributed by atoms with Crippen molar-refractivity contribution in [3.8, 4) is 11.1 Å². The number of nitrogens with zero attached hydrogens (tertiary/aromatic N) is 3. The van der Waals surface area contributed by atoms with Crippen molar-refractivity contribution in [3.63, 3.8) is 0 Å². The second-order valence-electron chi connectivity index (χ2n) is 6.57. The van der Waals surface area contributed by atoms with Crippen molar-refractivity contribution in [3.05, 3.63) is 84.4 Å². The van der Waals surface area contributed by atoms with Gasteiger partial charge in [0.15, 0.2) is 0 Å². The first-order valence-corrected chi connectivity index (χ1v) is 10.4. The third-order valence-corrected chi connectivity index (χ3v) is 5.35. The number of carbonyl (C=O) groups is 1. The van der Waals surface area contributed by atoms with E-state index < -0.39 is 5.92 Å². The largest absolute Gasteiger partial charge is 0.364 e. The second kappa shape index (κ2) is 8.92. The molecule has 0 saturated heterocycles. The maximum absolute atomic E-state index is 11.5. The number of aromatic nitrogens is 3. The molecule has 6 heteroatoms. The quantitative estimate of drug-likeness (QED) is 0.320. The summed E-state index contributed by atoms with van der Waals surface area (Å²) in [5, 5.41) is 4.81. The predicted octanol–water partition coefficient (Wildman–Crippen LogP) is 4.98. The van der Waals surface area contributed by atoms with Crippen LogP contribution in [0.25, 0.3) is 22.0 Å². The van der Waals surface area contributed by atoms with Crippen LogP contribution in [-0.4, -0.2) is 26.6 Å². The van der Waals surface area contributed by atoms with Gasteiger partial charge in [0, 0.05) is 11.5 Å². The van der Waals surface area contributed by atoms with Crippen molar-refractivity contribution in [1.29, 1.82) is 0 Å². The van der Waals surface area contributed by atoms with Gasteiger partial charge in [-0.05, 0) is 29.3 Å². The van der Waals surface area contributed by atoms with Gasteiger partial charge < -0.3 is 10.1 Å². The minimum atomic E-state index is -0.407. The highest BCUT2D eigenvalue weighted by Crippen LogP contribution is 2.33. The molecular weight excluding hydrogens is 428 g/mol. The number of aldehydes is 1. The summed E-state index contributed by atoms with van der Waals surface area (Å²) < 4.78 is 0. The molecule has 0 fully saturated rings. The lowest BCUT2D eigenvalue weighted by Gasteiger charge is -2.15. The molecular formula is C23H19BrN4O. The number of hydrogen-bond acceptors (Lipinski definition) is 5. The Morgan fingerprint density at radius 1 is 0.966 bits per heavy atom. The fourth-order valence-electron chi connectivity index (χ4n) is 3.20. The topological polar surface area (TPSA) is 67.8 Å². The smallest absolute Gasteiger partial charge is 0.142 e. The molecule has 2 aromatic heterocycles. The van der Waals surface area contributed by atoms with Gasteiger partial charge in [-0.1, -0.05) is 64.5 Å². The summed E-state index contributed by atoms with van der Waals surface area (Å²) in [5.41, 5.74) is 3.83. The summed E-state index contributed by atoms with van der Waals surface area (Å²) >= 11 is 3.39. The number of fused-ring (bicyclic) bond motifs is 1. The highest BCUT2D eigenvalue weighted by molar-refractivity contribution is 9.09. The van der Waals surface area contributed by atoms with Crippen molar-refractivity contribution >= 4 is 38.9 Å². The first kappa shape index (κ1) is 19.2. The Morgan fingerprint density at radius 2 is 1.79 bits per heavy atom. The number of pyridine rings is 1. The molecule has 29 heavy (non-hydrogen) atoms. The third-order valence-electron chi connectivity index (χ3n) is 4.65. The lowest BCUT2D eigenvalue weighted by molar-refractivity contribution is -0.108. The second-order valence-corrected chi connectivity index (χ2v) is 7.22. The predicted molar refractivity (Wildman–Crippen MR) is 119 cm³/mol. The van der Waals surface area contributed by atoms with Crippen LogP contribution in [0, 0.1) is 0 Å². The van der Waals surface area contributed by atoms with Gasteiger partial charge in [0.2, 0.25) is 0 Å². The number of benzene rings is 2. The molecule has 4 aromatic rings. The molecule has 2 aromatic carbocycles. The van der Waals surface area contributed by atoms with Crippen LogP contribution in [0.3, 0.4) is 0 Å². The summed E-state index contributed by atoms with van der Waals surface area (Å²) in [5.74, 6) is 0.788. The van der Waals surface area contributed by atoms with Gasteiger partial charge in [0.25, 0.3) is 0 Å². The van der Waals surface area contributed by atoms with Gasteiger partial charge in [-0.3, -0.25) is 4.98 Å². The van der Waals surface area contributed by atoms with Gasteiger partial charge >= 0.3 is 0 Å². The zero-order valence-corrected chi connectivity index (χ0v) is 17.2. The van der Waals surface area contributed by atoms with Gasteiger partial charge in [0.1, 0.15) is 17.9 Å². The Kier molecular flexibility index (Phi) is 5.91. The van der Waals surface area contributed by atoms with E-state index in [0.717, 1.165) is 34.0 Å². The Hall–Kier alpha value is -3.12. The number of nitrogens with one attached hydrogen (secondary N) is 1. The van der Waals surface area contributed by atoms with Gasteiger partial charge in [0.05, 0.1) is 29.1 Å². The highest BCUT2D eigenvalue weighted by atomic mass is 79.9. The number of alkyl halides is 1. The molecule has 1 N–H and O–H groups in total. The minimum absolute atomic E-state index is 0.407. The molecule has 0 saturated carbocycles. The highest BCUT2D eigenvalue weighted by Gasteiger charge is 2.18. The first-order chi connectivity index (χ1) is 14.3. The van der Waals surface area contributed by atoms with Crippen molar-refractivity contribution in [2.75, 3.05) is 10.6 Å². The Labute approximate surface area is 177 Å². The standard InChI is InChI=1S/C23H19BrN4O/c24-13-17(15-29)22-27-20-11-6-10-19(16-7-2-1-3-8-16)21(20)23(28-22)26-14-18-9-4-5-12-25-18/h1-12,15,17H,13-14H2,(H,26,27,28). The average Bonchev–Trinajstić information content (AvgIpc) is 2.79. The van der Waals surface area contributed by atoms with Crippen molar-refractivity contribution in [2.24, 2.45) is 0 Å². The number of carbonyl (C=O) groups excluding carboxylic acids is 1. The molecule has 0 radical (unpaired) electrons. The summed E-state index contributed by atoms with van der Waals surface area (Å²) in [6.07, 6.45) is 2.64. The lowest BCUT2D eigenvalue weighted by Crippen LogP contribution is -2.11. The van der Waals surface area contributed by atoms with Crippen LogP contribution in [0.5, 0.6) is 0 Å². The summed E-state index contributed by atoms with van der Waals surface area (Å²) in [4.78, 5) is 25.3. The number of anilines is 1. The summed E-state index contributed by atoms with van der Waals surface area (Å²) in [6, 6.07) is 22.0. The van der Waals surface area contributed by atoms with Crippen LogP contribution < -0.4 is 5.32 Å². The van der Waals surface area contributed by atoms with Crippen molar-refractivity contribution in [1.82, 2.24) is 15.0 Å². The van der Waals surface area contributed by atoms with Crippen LogP contribution in [-0.2, 0) is 11.3 Å². The monoisotopic (exact) mass is 446 g/mol. The molecule has 2 heterocycles. The Bertz CT molecular complexity index is 1120. The van der Waals surface area contributed by atoms with E-state index in [1.165, 1.54) is 0 Å². The molecule has 4 rings (SSSR count). The zero-order valence-electron chi connectivity index (χ0n) is 15.6. The normalized spacial score (nSPS) is 11.9. The fraction of sp³-hybridized carbons (Fsp3) is 0.130. The fourth-order valence-corrected chi connectivity index (χ4v) is 3.64. The van der Waals surface area contributed by atoms with E-state index in [1.807, 2.05) is 48.5 Å². The van der Waals surface area contributed by atoms with Crippen LogP contribution in [0.1, 0.15) is 17.4 Å². The van der Waals surface area contributed by atoms with Gasteiger partial charge in [-0.15, -0.1) is 0 Å². The van der Waals surface area contributed by atoms with E-state index in [9.17, 15) is 4.79 Å². The minimum Gasteiger partial charge on any atom is -0.364 e. The van der Waals surface area contributed by atoms with Crippen LogP contribution in [0.2, 0.25) is 0 Å². The van der Waals surface area contributed by atoms with E-state index in [1.54, 1.807) is 6.20 Å². The summed E-state index contributed by atoms with van der Waals surface area (Å²) in [7, 11) is 0. The molecule has 0 aliphatic heterocycles. The number of rotatable bonds is 7. The molecule has 0 aliphatic rings. The molecule has 144 valence electrons. The molecule has 0 spiro atoms. The molecule has 0 aliphatic carbocycles. The molecule has 1 unspecified atom stereocenters. The SMILES string of the molecule is O=CC(CBr)c1nc(NCc2ccccn2)c2c(-c3ccccc3)cccc2n1. The van der Waals surface area contributed by atoms with E-state index >= 15 is 0 Å². The zero-order chi connectivity index (χ0) is 20.1. The Morgan fingerprint density at radius 3 is 2.52 bits per heavy atom. The van der Waals surface area contributed by atoms with E-state index in [2.05, 4.69) is 44.4 Å². The van der Waals surface area contributed by atoms with Crippen LogP contribution >= 0.6 is 15.9 Å². The van der Waals surface area contributed by atoms with Crippen LogP contribution in [0.4, 0.5) is 5.82 Å². The van der Waals surface area contributed by atoms with E-state index in [4.69, 9.17) is 9.97 Å². The number of hydrogen-bond donors (Lipinski definition) is 1. The number of halogens is 1. The molecule has 1 atom stereocenters. The maximum atomic E-state index is 11.5. The first-order valence-electron chi connectivity index (χ1n) is 9.31. The van der Waals surface area contributed by atoms with E-state index in [-0.39, 0.29) is 0 Å². The van der Waals surface area contributed by atoms with Crippen molar-refractivity contribution < 1.29 is 4.79 Å². The van der Waals surface area contributed by atoms with E-state index in [0.29, 0.717) is 23.5 Å². The molecule has 0 amide bonds. The molecule has 5 nitrogen and oxygen atoms in total. The average molecular weight is 447 g/mol. The van der Waals surface area contributed by atoms with Gasteiger partial charge in [-0.25, -0.2) is 9.97 Å². The lowest BCUT2D eigenvalue weighted by atomic mass is 10.0. The third kappa shape index (κ3) is 4.17. The van der Waals surface area contributed by atoms with Crippen molar-refractivity contribution in [2.45, 2.75) is 12.5 Å². The van der Waals surface area contributed by atoms with Gasteiger partial charge in [-0.2, -0.15) is 0 Å². The molecule has 0 bridgehead atoms. The van der Waals surface area contributed by atoms with Crippen LogP contribution in [0.15, 0.2) is 72.9 Å². The summed E-state index contributed by atoms with van der Waals surface area (Å²) in [6.45, 7) is 0.523. The maximum Gasteiger partial charge on any atom is 0.142 e.